The first-order valence-corrected chi connectivity index (χ1v) is 7.54. The van der Waals surface area contributed by atoms with E-state index < -0.39 is 0 Å². The third-order valence-corrected chi connectivity index (χ3v) is 4.02. The molecule has 1 unspecified atom stereocenters. The number of nitrogens with zero attached hydrogens (tertiary/aromatic N) is 1. The van der Waals surface area contributed by atoms with E-state index in [4.69, 9.17) is 0 Å². The molecule has 1 amide bonds. The minimum Gasteiger partial charge on any atom is -0.355 e. The summed E-state index contributed by atoms with van der Waals surface area (Å²) in [5, 5.41) is 3.91. The summed E-state index contributed by atoms with van der Waals surface area (Å²) in [4.78, 5) is 16.5. The Morgan fingerprint density at radius 2 is 2.11 bits per heavy atom. The van der Waals surface area contributed by atoms with E-state index in [-0.39, 0.29) is 11.2 Å². The van der Waals surface area contributed by atoms with E-state index in [9.17, 15) is 4.79 Å². The zero-order valence-electron chi connectivity index (χ0n) is 11.6. The molecule has 0 bridgehead atoms. The van der Waals surface area contributed by atoms with Crippen LogP contribution < -0.4 is 5.32 Å². The van der Waals surface area contributed by atoms with Gasteiger partial charge in [-0.05, 0) is 24.5 Å². The van der Waals surface area contributed by atoms with Crippen molar-refractivity contribution in [2.45, 2.75) is 32.4 Å². The molecule has 0 fully saturated rings. The minimum absolute atomic E-state index is 0.0909. The van der Waals surface area contributed by atoms with E-state index >= 15 is 0 Å². The van der Waals surface area contributed by atoms with Crippen LogP contribution >= 0.6 is 11.8 Å². The maximum Gasteiger partial charge on any atom is 0.233 e. The van der Waals surface area contributed by atoms with Crippen LogP contribution in [0.3, 0.4) is 0 Å². The van der Waals surface area contributed by atoms with Gasteiger partial charge in [0.1, 0.15) is 0 Å². The second kappa shape index (κ2) is 6.24. The molecule has 2 rings (SSSR count). The van der Waals surface area contributed by atoms with Gasteiger partial charge in [0.15, 0.2) is 0 Å². The normalized spacial score (nSPS) is 15.1. The number of para-hydroxylation sites is 1. The molecule has 1 heterocycles. The summed E-state index contributed by atoms with van der Waals surface area (Å²) in [6, 6.07) is 8.14. The molecular weight excluding hydrogens is 256 g/mol. The molecule has 1 aliphatic heterocycles. The number of hydrogen-bond donors (Lipinski definition) is 1. The predicted molar refractivity (Wildman–Crippen MR) is 82.1 cm³/mol. The lowest BCUT2D eigenvalue weighted by atomic mass is 10.2. The molecule has 0 saturated heterocycles. The van der Waals surface area contributed by atoms with Gasteiger partial charge in [-0.1, -0.05) is 43.8 Å². The van der Waals surface area contributed by atoms with Gasteiger partial charge >= 0.3 is 0 Å². The van der Waals surface area contributed by atoms with Crippen molar-refractivity contribution in [1.29, 1.82) is 0 Å². The Hall–Kier alpha value is -1.29. The van der Waals surface area contributed by atoms with Gasteiger partial charge in [0, 0.05) is 13.0 Å². The summed E-state index contributed by atoms with van der Waals surface area (Å²) in [5.41, 5.74) is 2.29. The Morgan fingerprint density at radius 1 is 1.37 bits per heavy atom. The van der Waals surface area contributed by atoms with Gasteiger partial charge in [0.05, 0.1) is 16.0 Å². The van der Waals surface area contributed by atoms with Crippen molar-refractivity contribution >= 4 is 28.4 Å². The number of amides is 1. The van der Waals surface area contributed by atoms with Crippen LogP contribution in [-0.2, 0) is 11.2 Å². The highest BCUT2D eigenvalue weighted by atomic mass is 32.2. The van der Waals surface area contributed by atoms with Gasteiger partial charge in [0.2, 0.25) is 5.91 Å². The number of thioether (sulfide) groups is 1. The molecule has 1 N–H and O–H groups in total. The zero-order chi connectivity index (χ0) is 13.8. The van der Waals surface area contributed by atoms with Crippen LogP contribution in [0.2, 0.25) is 0 Å². The standard InChI is InChI=1S/C15H20N2OS/c1-10(2)9-16-15(18)11(3)19-14-8-12-6-4-5-7-13(12)17-14/h4-7,10-11H,8-9H2,1-3H3,(H,16,18). The molecule has 0 aromatic heterocycles. The molecule has 102 valence electrons. The lowest BCUT2D eigenvalue weighted by molar-refractivity contribution is -0.120. The average Bonchev–Trinajstić information content (AvgIpc) is 2.77. The Balaban J connectivity index is 1.88. The summed E-state index contributed by atoms with van der Waals surface area (Å²) in [7, 11) is 0. The molecule has 0 aliphatic carbocycles. The fourth-order valence-electron chi connectivity index (χ4n) is 1.88. The van der Waals surface area contributed by atoms with E-state index in [1.165, 1.54) is 5.56 Å². The van der Waals surface area contributed by atoms with Gasteiger partial charge in [-0.15, -0.1) is 0 Å². The minimum atomic E-state index is -0.0909. The summed E-state index contributed by atoms with van der Waals surface area (Å²) in [5.74, 6) is 0.576. The van der Waals surface area contributed by atoms with Crippen LogP contribution in [0.25, 0.3) is 0 Å². The molecule has 4 heteroatoms. The van der Waals surface area contributed by atoms with Crippen LogP contribution in [0.5, 0.6) is 0 Å². The van der Waals surface area contributed by atoms with Crippen molar-refractivity contribution in [3.63, 3.8) is 0 Å². The number of nitrogens with one attached hydrogen (secondary N) is 1. The van der Waals surface area contributed by atoms with Crippen molar-refractivity contribution in [2.75, 3.05) is 6.54 Å². The Bertz CT molecular complexity index is 497. The van der Waals surface area contributed by atoms with Crippen LogP contribution in [0, 0.1) is 5.92 Å². The van der Waals surface area contributed by atoms with Crippen molar-refractivity contribution in [2.24, 2.45) is 10.9 Å². The first-order valence-electron chi connectivity index (χ1n) is 6.66. The number of fused-ring (bicyclic) bond motifs is 1. The monoisotopic (exact) mass is 276 g/mol. The number of hydrogen-bond acceptors (Lipinski definition) is 3. The van der Waals surface area contributed by atoms with E-state index in [2.05, 4.69) is 30.2 Å². The van der Waals surface area contributed by atoms with Crippen LogP contribution in [0.1, 0.15) is 26.3 Å². The molecule has 1 aliphatic rings. The maximum atomic E-state index is 11.9. The fourth-order valence-corrected chi connectivity index (χ4v) is 2.87. The highest BCUT2D eigenvalue weighted by molar-refractivity contribution is 8.15. The smallest absolute Gasteiger partial charge is 0.233 e. The highest BCUT2D eigenvalue weighted by Crippen LogP contribution is 2.31. The Labute approximate surface area is 118 Å². The third kappa shape index (κ3) is 3.83. The highest BCUT2D eigenvalue weighted by Gasteiger charge is 2.20. The SMILES string of the molecule is CC(C)CNC(=O)C(C)SC1=Nc2ccccc2C1. The first kappa shape index (κ1) is 14.1. The molecule has 0 spiro atoms. The molecule has 1 aromatic rings. The van der Waals surface area contributed by atoms with E-state index in [1.807, 2.05) is 25.1 Å². The maximum absolute atomic E-state index is 11.9. The molecule has 0 radical (unpaired) electrons. The van der Waals surface area contributed by atoms with Crippen molar-refractivity contribution in [3.05, 3.63) is 29.8 Å². The number of rotatable bonds is 4. The van der Waals surface area contributed by atoms with Crippen molar-refractivity contribution in [3.8, 4) is 0 Å². The molecule has 1 aromatic carbocycles. The molecule has 19 heavy (non-hydrogen) atoms. The van der Waals surface area contributed by atoms with Gasteiger partial charge < -0.3 is 5.32 Å². The number of carbonyl (C=O) groups is 1. The van der Waals surface area contributed by atoms with Crippen LogP contribution in [0.15, 0.2) is 29.3 Å². The topological polar surface area (TPSA) is 41.5 Å². The number of aliphatic imine (C=N–C) groups is 1. The van der Waals surface area contributed by atoms with Crippen LogP contribution in [-0.4, -0.2) is 22.7 Å². The van der Waals surface area contributed by atoms with E-state index in [1.54, 1.807) is 11.8 Å². The predicted octanol–water partition coefficient (Wildman–Crippen LogP) is 3.17. The first-order chi connectivity index (χ1) is 9.06. The van der Waals surface area contributed by atoms with Crippen LogP contribution in [0.4, 0.5) is 5.69 Å². The summed E-state index contributed by atoms with van der Waals surface area (Å²) < 4.78 is 0. The lowest BCUT2D eigenvalue weighted by Gasteiger charge is -2.13. The van der Waals surface area contributed by atoms with E-state index in [0.717, 1.165) is 23.7 Å². The second-order valence-electron chi connectivity index (χ2n) is 5.21. The fraction of sp³-hybridized carbons (Fsp3) is 0.467. The molecule has 1 atom stereocenters. The van der Waals surface area contributed by atoms with Crippen molar-refractivity contribution in [1.82, 2.24) is 5.32 Å². The Kier molecular flexibility index (Phi) is 4.64. The summed E-state index contributed by atoms with van der Waals surface area (Å²) >= 11 is 1.56. The van der Waals surface area contributed by atoms with E-state index in [0.29, 0.717) is 5.92 Å². The number of benzene rings is 1. The van der Waals surface area contributed by atoms with Gasteiger partial charge in [-0.3, -0.25) is 4.79 Å². The largest absolute Gasteiger partial charge is 0.355 e. The van der Waals surface area contributed by atoms with Gasteiger partial charge in [-0.2, -0.15) is 0 Å². The third-order valence-electron chi connectivity index (χ3n) is 2.95. The molecule has 0 saturated carbocycles. The molecule has 3 nitrogen and oxygen atoms in total. The zero-order valence-corrected chi connectivity index (χ0v) is 12.5. The second-order valence-corrected chi connectivity index (χ2v) is 6.62. The molecular formula is C15H20N2OS. The average molecular weight is 276 g/mol. The van der Waals surface area contributed by atoms with Crippen molar-refractivity contribution < 1.29 is 4.79 Å². The Morgan fingerprint density at radius 3 is 2.79 bits per heavy atom. The lowest BCUT2D eigenvalue weighted by Crippen LogP contribution is -2.34. The van der Waals surface area contributed by atoms with Gasteiger partial charge in [0.25, 0.3) is 0 Å². The summed E-state index contributed by atoms with van der Waals surface area (Å²) in [6.07, 6.45) is 0.850. The quantitative estimate of drug-likeness (QED) is 0.917. The number of carbonyl (C=O) groups excluding carboxylic acids is 1. The van der Waals surface area contributed by atoms with Gasteiger partial charge in [-0.25, -0.2) is 4.99 Å². The summed E-state index contributed by atoms with van der Waals surface area (Å²) in [6.45, 7) is 6.85.